The molecule has 0 saturated carbocycles. The molecule has 29 heavy (non-hydrogen) atoms. The lowest BCUT2D eigenvalue weighted by atomic mass is 10.3. The number of benzene rings is 1. The van der Waals surface area contributed by atoms with Gasteiger partial charge in [0, 0.05) is 25.2 Å². The van der Waals surface area contributed by atoms with E-state index < -0.39 is 0 Å². The van der Waals surface area contributed by atoms with Crippen LogP contribution in [0.15, 0.2) is 24.3 Å². The first kappa shape index (κ1) is 20.4. The number of likely N-dealkylation sites (N-methyl/N-ethyl adjacent to an activating group) is 1. The number of carbonyl (C=O) groups is 1. The van der Waals surface area contributed by atoms with E-state index in [1.54, 1.807) is 17.0 Å². The van der Waals surface area contributed by atoms with Crippen molar-refractivity contribution in [3.8, 4) is 11.5 Å². The van der Waals surface area contributed by atoms with Gasteiger partial charge in [-0.15, -0.1) is 11.3 Å². The second-order valence-corrected chi connectivity index (χ2v) is 9.27. The standard InChI is InChI=1S/C20H22ClN3O3S2/c1-3-23(4-2)7-8-24(19(25)16-5-6-18(21)28-16)20-22-13-11-14-15(12-17(13)29-20)27-10-9-26-14/h5-6,11-12H,3-4,7-10H2,1-2H3. The molecule has 3 aromatic rings. The van der Waals surface area contributed by atoms with E-state index in [4.69, 9.17) is 26.1 Å². The van der Waals surface area contributed by atoms with Crippen LogP contribution in [0.4, 0.5) is 5.13 Å². The Morgan fingerprint density at radius 2 is 1.83 bits per heavy atom. The molecule has 1 amide bonds. The smallest absolute Gasteiger partial charge is 0.270 e. The van der Waals surface area contributed by atoms with Crippen molar-refractivity contribution in [2.45, 2.75) is 13.8 Å². The van der Waals surface area contributed by atoms with E-state index >= 15 is 0 Å². The molecule has 0 fully saturated rings. The lowest BCUT2D eigenvalue weighted by Crippen LogP contribution is -2.38. The Morgan fingerprint density at radius 3 is 2.48 bits per heavy atom. The second-order valence-electron chi connectivity index (χ2n) is 6.55. The molecule has 4 rings (SSSR count). The van der Waals surface area contributed by atoms with Crippen LogP contribution in [-0.4, -0.2) is 55.2 Å². The zero-order chi connectivity index (χ0) is 20.4. The molecule has 0 aliphatic carbocycles. The quantitative estimate of drug-likeness (QED) is 0.517. The minimum atomic E-state index is -0.0784. The maximum atomic E-state index is 13.3. The highest BCUT2D eigenvalue weighted by Gasteiger charge is 2.24. The van der Waals surface area contributed by atoms with E-state index in [-0.39, 0.29) is 5.91 Å². The van der Waals surface area contributed by atoms with Crippen molar-refractivity contribution >= 4 is 55.5 Å². The van der Waals surface area contributed by atoms with Gasteiger partial charge in [-0.1, -0.05) is 36.8 Å². The summed E-state index contributed by atoms with van der Waals surface area (Å²) in [6.45, 7) is 8.52. The Morgan fingerprint density at radius 1 is 1.10 bits per heavy atom. The number of fused-ring (bicyclic) bond motifs is 2. The second kappa shape index (κ2) is 8.87. The first-order chi connectivity index (χ1) is 14.1. The molecule has 1 aromatic carbocycles. The summed E-state index contributed by atoms with van der Waals surface area (Å²) in [5.74, 6) is 1.35. The van der Waals surface area contributed by atoms with Gasteiger partial charge in [0.05, 0.1) is 19.4 Å². The Hall–Kier alpha value is -1.87. The fourth-order valence-corrected chi connectivity index (χ4v) is 5.19. The average Bonchev–Trinajstić information content (AvgIpc) is 3.34. The third-order valence-electron chi connectivity index (χ3n) is 4.84. The fraction of sp³-hybridized carbons (Fsp3) is 0.400. The molecule has 0 bridgehead atoms. The van der Waals surface area contributed by atoms with Gasteiger partial charge in [-0.25, -0.2) is 4.98 Å². The Bertz CT molecular complexity index is 973. The first-order valence-corrected chi connectivity index (χ1v) is 11.6. The van der Waals surface area contributed by atoms with Crippen molar-refractivity contribution in [1.29, 1.82) is 0 Å². The van der Waals surface area contributed by atoms with E-state index in [0.717, 1.165) is 35.6 Å². The van der Waals surface area contributed by atoms with Crippen molar-refractivity contribution in [2.24, 2.45) is 0 Å². The number of nitrogens with zero attached hydrogens (tertiary/aromatic N) is 3. The summed E-state index contributed by atoms with van der Waals surface area (Å²) in [4.78, 5) is 22.7. The lowest BCUT2D eigenvalue weighted by molar-refractivity contribution is 0.0987. The summed E-state index contributed by atoms with van der Waals surface area (Å²) < 4.78 is 12.9. The Kier molecular flexibility index (Phi) is 6.24. The summed E-state index contributed by atoms with van der Waals surface area (Å²) in [5, 5.41) is 0.670. The SMILES string of the molecule is CCN(CC)CCN(C(=O)c1ccc(Cl)s1)c1nc2cc3c(cc2s1)OCCO3. The van der Waals surface area contributed by atoms with Gasteiger partial charge in [-0.05, 0) is 25.2 Å². The summed E-state index contributed by atoms with van der Waals surface area (Å²) in [5.41, 5.74) is 0.805. The number of hydrogen-bond acceptors (Lipinski definition) is 7. The summed E-state index contributed by atoms with van der Waals surface area (Å²) in [6.07, 6.45) is 0. The zero-order valence-electron chi connectivity index (χ0n) is 16.3. The number of rotatable bonds is 7. The van der Waals surface area contributed by atoms with Crippen LogP contribution in [0.1, 0.15) is 23.5 Å². The lowest BCUT2D eigenvalue weighted by Gasteiger charge is -2.24. The van der Waals surface area contributed by atoms with Crippen LogP contribution in [-0.2, 0) is 0 Å². The van der Waals surface area contributed by atoms with Crippen LogP contribution in [0.2, 0.25) is 4.34 Å². The summed E-state index contributed by atoms with van der Waals surface area (Å²) in [6, 6.07) is 7.36. The van der Waals surface area contributed by atoms with Gasteiger partial charge >= 0.3 is 0 Å². The van der Waals surface area contributed by atoms with Crippen LogP contribution in [0.25, 0.3) is 10.2 Å². The van der Waals surface area contributed by atoms with Gasteiger partial charge in [-0.3, -0.25) is 9.69 Å². The van der Waals surface area contributed by atoms with Crippen LogP contribution in [0.5, 0.6) is 11.5 Å². The zero-order valence-corrected chi connectivity index (χ0v) is 18.7. The third-order valence-corrected chi connectivity index (χ3v) is 7.10. The average molecular weight is 452 g/mol. The number of thiophene rings is 1. The number of anilines is 1. The molecule has 6 nitrogen and oxygen atoms in total. The third kappa shape index (κ3) is 4.35. The highest BCUT2D eigenvalue weighted by atomic mass is 35.5. The monoisotopic (exact) mass is 451 g/mol. The number of amides is 1. The van der Waals surface area contributed by atoms with Crippen molar-refractivity contribution in [3.05, 3.63) is 33.5 Å². The predicted octanol–water partition coefficient (Wildman–Crippen LogP) is 4.77. The molecule has 9 heteroatoms. The van der Waals surface area contributed by atoms with Gasteiger partial charge in [0.2, 0.25) is 0 Å². The van der Waals surface area contributed by atoms with E-state index in [0.29, 0.717) is 39.9 Å². The van der Waals surface area contributed by atoms with Gasteiger partial charge < -0.3 is 14.4 Å². The highest BCUT2D eigenvalue weighted by Crippen LogP contribution is 2.39. The Labute approximate surface area is 182 Å². The van der Waals surface area contributed by atoms with Crippen molar-refractivity contribution in [3.63, 3.8) is 0 Å². The Balaban J connectivity index is 1.68. The summed E-state index contributed by atoms with van der Waals surface area (Å²) in [7, 11) is 0. The van der Waals surface area contributed by atoms with Crippen molar-refractivity contribution in [1.82, 2.24) is 9.88 Å². The number of thiazole rings is 1. The molecule has 2 aromatic heterocycles. The largest absolute Gasteiger partial charge is 0.486 e. The molecule has 0 unspecified atom stereocenters. The number of aromatic nitrogens is 1. The van der Waals surface area contributed by atoms with Crippen molar-refractivity contribution < 1.29 is 14.3 Å². The van der Waals surface area contributed by atoms with E-state index in [1.165, 1.54) is 22.7 Å². The van der Waals surface area contributed by atoms with Crippen LogP contribution in [0, 0.1) is 0 Å². The molecule has 154 valence electrons. The molecule has 0 radical (unpaired) electrons. The minimum Gasteiger partial charge on any atom is -0.486 e. The van der Waals surface area contributed by atoms with Crippen LogP contribution < -0.4 is 14.4 Å². The fourth-order valence-electron chi connectivity index (χ4n) is 3.20. The molecule has 1 aliphatic heterocycles. The number of ether oxygens (including phenoxy) is 2. The molecule has 3 heterocycles. The molecule has 1 aliphatic rings. The van der Waals surface area contributed by atoms with Crippen LogP contribution >= 0.6 is 34.3 Å². The van der Waals surface area contributed by atoms with Crippen molar-refractivity contribution in [2.75, 3.05) is 44.3 Å². The molecule has 0 N–H and O–H groups in total. The molecule has 0 atom stereocenters. The van der Waals surface area contributed by atoms with Gasteiger partial charge in [0.1, 0.15) is 13.2 Å². The highest BCUT2D eigenvalue weighted by molar-refractivity contribution is 7.22. The molecule has 0 spiro atoms. The first-order valence-electron chi connectivity index (χ1n) is 9.58. The maximum Gasteiger partial charge on any atom is 0.270 e. The van der Waals surface area contributed by atoms with E-state index in [9.17, 15) is 4.79 Å². The van der Waals surface area contributed by atoms with E-state index in [2.05, 4.69) is 18.7 Å². The van der Waals surface area contributed by atoms with Gasteiger partial charge in [0.25, 0.3) is 5.91 Å². The van der Waals surface area contributed by atoms with E-state index in [1.807, 2.05) is 12.1 Å². The molecule has 0 saturated heterocycles. The predicted molar refractivity (Wildman–Crippen MR) is 119 cm³/mol. The maximum absolute atomic E-state index is 13.3. The number of carbonyl (C=O) groups excluding carboxylic acids is 1. The van der Waals surface area contributed by atoms with Gasteiger partial charge in [0.15, 0.2) is 16.6 Å². The molecular weight excluding hydrogens is 430 g/mol. The number of hydrogen-bond donors (Lipinski definition) is 0. The van der Waals surface area contributed by atoms with Gasteiger partial charge in [-0.2, -0.15) is 0 Å². The van der Waals surface area contributed by atoms with Crippen LogP contribution in [0.3, 0.4) is 0 Å². The minimum absolute atomic E-state index is 0.0784. The number of halogens is 1. The molecular formula is C20H22ClN3O3S2. The normalized spacial score (nSPS) is 13.2. The summed E-state index contributed by atoms with van der Waals surface area (Å²) >= 11 is 8.84. The topological polar surface area (TPSA) is 54.9 Å².